The standard InChI is InChI=1S/C17H20N4OS/c1-2-6-15-19-16(22-20-15)11-21-10-5-8-13(21)17-18-12-7-3-4-9-14(12)23-17/h3-4,7,9,13H,2,5-6,8,10-11H2,1H3. The van der Waals surface area contributed by atoms with Gasteiger partial charge in [0.25, 0.3) is 0 Å². The maximum absolute atomic E-state index is 5.40. The van der Waals surface area contributed by atoms with Gasteiger partial charge in [0.2, 0.25) is 5.89 Å². The van der Waals surface area contributed by atoms with Gasteiger partial charge in [-0.05, 0) is 37.9 Å². The molecule has 0 radical (unpaired) electrons. The fraction of sp³-hybridized carbons (Fsp3) is 0.471. The minimum atomic E-state index is 0.369. The number of likely N-dealkylation sites (tertiary alicyclic amines) is 1. The normalized spacial score (nSPS) is 18.9. The van der Waals surface area contributed by atoms with Crippen LogP contribution in [0.3, 0.4) is 0 Å². The molecule has 6 heteroatoms. The second-order valence-electron chi connectivity index (χ2n) is 6.00. The quantitative estimate of drug-likeness (QED) is 0.709. The predicted octanol–water partition coefficient (Wildman–Crippen LogP) is 3.97. The Morgan fingerprint density at radius 1 is 1.30 bits per heavy atom. The van der Waals surface area contributed by atoms with Crippen LogP contribution < -0.4 is 0 Å². The molecule has 1 unspecified atom stereocenters. The SMILES string of the molecule is CCCc1noc(CN2CCCC2c2nc3ccccc3s2)n1. The summed E-state index contributed by atoms with van der Waals surface area (Å²) in [6, 6.07) is 8.72. The van der Waals surface area contributed by atoms with Crippen molar-refractivity contribution in [1.82, 2.24) is 20.0 Å². The molecule has 0 spiro atoms. The van der Waals surface area contributed by atoms with E-state index in [0.717, 1.165) is 49.6 Å². The van der Waals surface area contributed by atoms with Gasteiger partial charge in [-0.15, -0.1) is 11.3 Å². The average Bonchev–Trinajstić information content (AvgIpc) is 3.27. The molecule has 1 aliphatic rings. The van der Waals surface area contributed by atoms with Crippen LogP contribution in [0, 0.1) is 0 Å². The molecule has 4 rings (SSSR count). The number of thiazole rings is 1. The van der Waals surface area contributed by atoms with E-state index in [0.29, 0.717) is 6.04 Å². The zero-order valence-corrected chi connectivity index (χ0v) is 14.1. The number of aryl methyl sites for hydroxylation is 1. The molecule has 1 fully saturated rings. The highest BCUT2D eigenvalue weighted by atomic mass is 32.1. The molecule has 0 bridgehead atoms. The van der Waals surface area contributed by atoms with Crippen LogP contribution >= 0.6 is 11.3 Å². The summed E-state index contributed by atoms with van der Waals surface area (Å²) in [7, 11) is 0. The molecule has 5 nitrogen and oxygen atoms in total. The highest BCUT2D eigenvalue weighted by Gasteiger charge is 2.30. The van der Waals surface area contributed by atoms with E-state index in [1.807, 2.05) is 6.07 Å². The van der Waals surface area contributed by atoms with Crippen LogP contribution in [0.15, 0.2) is 28.8 Å². The number of nitrogens with zero attached hydrogens (tertiary/aromatic N) is 4. The molecule has 120 valence electrons. The van der Waals surface area contributed by atoms with Crippen molar-refractivity contribution in [2.45, 2.75) is 45.2 Å². The van der Waals surface area contributed by atoms with Gasteiger partial charge in [0.05, 0.1) is 22.8 Å². The summed E-state index contributed by atoms with van der Waals surface area (Å²) in [5, 5.41) is 5.26. The smallest absolute Gasteiger partial charge is 0.240 e. The second kappa shape index (κ2) is 6.37. The fourth-order valence-corrected chi connectivity index (χ4v) is 4.32. The van der Waals surface area contributed by atoms with E-state index >= 15 is 0 Å². The molecule has 0 aliphatic carbocycles. The third kappa shape index (κ3) is 3.01. The molecule has 1 atom stereocenters. The van der Waals surface area contributed by atoms with Crippen molar-refractivity contribution < 1.29 is 4.52 Å². The van der Waals surface area contributed by atoms with Gasteiger partial charge in [-0.2, -0.15) is 4.98 Å². The first-order valence-corrected chi connectivity index (χ1v) is 9.06. The number of hydrogen-bond donors (Lipinski definition) is 0. The molecule has 1 aliphatic heterocycles. The number of aromatic nitrogens is 3. The number of rotatable bonds is 5. The summed E-state index contributed by atoms with van der Waals surface area (Å²) in [4.78, 5) is 11.7. The molecular formula is C17H20N4OS. The summed E-state index contributed by atoms with van der Waals surface area (Å²) >= 11 is 1.80. The zero-order valence-electron chi connectivity index (χ0n) is 13.2. The molecule has 1 saturated heterocycles. The van der Waals surface area contributed by atoms with Crippen molar-refractivity contribution >= 4 is 21.6 Å². The first-order valence-electron chi connectivity index (χ1n) is 8.24. The van der Waals surface area contributed by atoms with Crippen molar-refractivity contribution in [2.24, 2.45) is 0 Å². The van der Waals surface area contributed by atoms with E-state index < -0.39 is 0 Å². The van der Waals surface area contributed by atoms with Crippen LogP contribution in [-0.4, -0.2) is 26.6 Å². The van der Waals surface area contributed by atoms with Gasteiger partial charge >= 0.3 is 0 Å². The van der Waals surface area contributed by atoms with E-state index in [9.17, 15) is 0 Å². The van der Waals surface area contributed by atoms with E-state index in [2.05, 4.69) is 40.2 Å². The maximum Gasteiger partial charge on any atom is 0.240 e. The molecule has 2 aromatic heterocycles. The molecule has 23 heavy (non-hydrogen) atoms. The molecule has 3 heterocycles. The summed E-state index contributed by atoms with van der Waals surface area (Å²) < 4.78 is 6.66. The van der Waals surface area contributed by atoms with Gasteiger partial charge in [0.1, 0.15) is 5.01 Å². The first-order chi connectivity index (χ1) is 11.3. The summed E-state index contributed by atoms with van der Waals surface area (Å²) in [5.41, 5.74) is 1.10. The number of para-hydroxylation sites is 1. The Morgan fingerprint density at radius 3 is 3.09 bits per heavy atom. The lowest BCUT2D eigenvalue weighted by Gasteiger charge is -2.20. The molecule has 0 amide bonds. The third-order valence-corrected chi connectivity index (χ3v) is 5.42. The average molecular weight is 328 g/mol. The highest BCUT2D eigenvalue weighted by molar-refractivity contribution is 7.18. The summed E-state index contributed by atoms with van der Waals surface area (Å²) in [6.07, 6.45) is 4.26. The van der Waals surface area contributed by atoms with E-state index in [1.165, 1.54) is 16.1 Å². The molecular weight excluding hydrogens is 308 g/mol. The molecule has 0 saturated carbocycles. The Bertz CT molecular complexity index is 764. The van der Waals surface area contributed by atoms with Gasteiger partial charge in [-0.25, -0.2) is 4.98 Å². The topological polar surface area (TPSA) is 55.1 Å². The monoisotopic (exact) mass is 328 g/mol. The molecule has 1 aromatic carbocycles. The van der Waals surface area contributed by atoms with E-state index in [1.54, 1.807) is 11.3 Å². The van der Waals surface area contributed by atoms with Crippen LogP contribution in [0.25, 0.3) is 10.2 Å². The number of fused-ring (bicyclic) bond motifs is 1. The van der Waals surface area contributed by atoms with Crippen molar-refractivity contribution in [2.75, 3.05) is 6.54 Å². The number of hydrogen-bond acceptors (Lipinski definition) is 6. The van der Waals surface area contributed by atoms with Gasteiger partial charge in [0.15, 0.2) is 5.82 Å². The highest BCUT2D eigenvalue weighted by Crippen LogP contribution is 2.37. The fourth-order valence-electron chi connectivity index (χ4n) is 3.18. The largest absolute Gasteiger partial charge is 0.338 e. The van der Waals surface area contributed by atoms with Crippen LogP contribution in [0.2, 0.25) is 0 Å². The lowest BCUT2D eigenvalue weighted by atomic mass is 10.2. The van der Waals surface area contributed by atoms with Crippen molar-refractivity contribution in [3.05, 3.63) is 41.0 Å². The van der Waals surface area contributed by atoms with Crippen LogP contribution in [-0.2, 0) is 13.0 Å². The summed E-state index contributed by atoms with van der Waals surface area (Å²) in [6.45, 7) is 3.91. The van der Waals surface area contributed by atoms with Gasteiger partial charge in [-0.1, -0.05) is 24.2 Å². The van der Waals surface area contributed by atoms with Crippen molar-refractivity contribution in [1.29, 1.82) is 0 Å². The molecule has 3 aromatic rings. The van der Waals surface area contributed by atoms with Crippen molar-refractivity contribution in [3.63, 3.8) is 0 Å². The lowest BCUT2D eigenvalue weighted by molar-refractivity contribution is 0.212. The van der Waals surface area contributed by atoms with E-state index in [4.69, 9.17) is 9.51 Å². The minimum absolute atomic E-state index is 0.369. The maximum atomic E-state index is 5.40. The number of benzene rings is 1. The molecule has 0 N–H and O–H groups in total. The zero-order chi connectivity index (χ0) is 15.6. The predicted molar refractivity (Wildman–Crippen MR) is 90.3 cm³/mol. The van der Waals surface area contributed by atoms with Gasteiger partial charge < -0.3 is 4.52 Å². The van der Waals surface area contributed by atoms with Gasteiger partial charge in [-0.3, -0.25) is 4.90 Å². The van der Waals surface area contributed by atoms with E-state index in [-0.39, 0.29) is 0 Å². The Hall–Kier alpha value is -1.79. The van der Waals surface area contributed by atoms with Crippen molar-refractivity contribution in [3.8, 4) is 0 Å². The second-order valence-corrected chi connectivity index (χ2v) is 7.06. The van der Waals surface area contributed by atoms with Crippen LogP contribution in [0.1, 0.15) is 49.0 Å². The van der Waals surface area contributed by atoms with Crippen LogP contribution in [0.4, 0.5) is 0 Å². The Labute approximate surface area is 139 Å². The Balaban J connectivity index is 1.53. The first kappa shape index (κ1) is 14.8. The Morgan fingerprint density at radius 2 is 2.22 bits per heavy atom. The van der Waals surface area contributed by atoms with Crippen LogP contribution in [0.5, 0.6) is 0 Å². The lowest BCUT2D eigenvalue weighted by Crippen LogP contribution is -2.22. The summed E-state index contributed by atoms with van der Waals surface area (Å²) in [5.74, 6) is 1.54. The Kier molecular flexibility index (Phi) is 4.10. The minimum Gasteiger partial charge on any atom is -0.338 e. The van der Waals surface area contributed by atoms with Gasteiger partial charge in [0, 0.05) is 6.42 Å². The third-order valence-electron chi connectivity index (χ3n) is 4.28.